The van der Waals surface area contributed by atoms with Gasteiger partial charge >= 0.3 is 0 Å². The van der Waals surface area contributed by atoms with Crippen molar-refractivity contribution in [3.05, 3.63) is 27.1 Å². The van der Waals surface area contributed by atoms with Crippen molar-refractivity contribution < 1.29 is 26.7 Å². The highest BCUT2D eigenvalue weighted by molar-refractivity contribution is 7.17. The van der Waals surface area contributed by atoms with Gasteiger partial charge in [-0.1, -0.05) is 18.3 Å². The Kier molecular flexibility index (Phi) is 3.67. The summed E-state index contributed by atoms with van der Waals surface area (Å²) in [7, 11) is 0. The first-order valence-corrected chi connectivity index (χ1v) is 9.67. The quantitative estimate of drug-likeness (QED) is 0.755. The Hall–Kier alpha value is -1.93. The Bertz CT molecular complexity index is 1270. The molecule has 1 amide bonds. The first kappa shape index (κ1) is 11.9. The van der Waals surface area contributed by atoms with Crippen LogP contribution in [-0.2, 0) is 0 Å². The molecule has 0 bridgehead atoms. The lowest BCUT2D eigenvalue weighted by molar-refractivity contribution is 0.0946. The number of fused-ring (bicyclic) bond motifs is 1. The van der Waals surface area contributed by atoms with E-state index in [0.717, 1.165) is 6.92 Å². The average Bonchev–Trinajstić information content (AvgIpc) is 3.04. The Labute approximate surface area is 180 Å². The first-order valence-electron chi connectivity index (χ1n) is 13.3. The molecule has 2 aromatic heterocycles. The standard InChI is InChI=1S/C20H28FN3O3S/c1-12(2)24-19(27)16(17(25)14-11-15(21)28-20(14)24)18(26)22-7-4-8-23-9-5-13(3)6-10-23/h11-13,25H,4-10H2,1-3H3,(H,22,26)/i1D3,8D2,11D,12D,13D/hD. The molecule has 2 aromatic rings. The highest BCUT2D eigenvalue weighted by Crippen LogP contribution is 2.33. The molecule has 3 rings (SSSR count). The Morgan fingerprint density at radius 3 is 3.07 bits per heavy atom. The lowest BCUT2D eigenvalue weighted by atomic mass is 9.99. The molecule has 154 valence electrons. The van der Waals surface area contributed by atoms with Crippen molar-refractivity contribution in [2.24, 2.45) is 5.89 Å². The van der Waals surface area contributed by atoms with Gasteiger partial charge in [0.2, 0.25) is 0 Å². The molecule has 0 aromatic carbocycles. The van der Waals surface area contributed by atoms with Gasteiger partial charge in [-0.15, -0.1) is 0 Å². The van der Waals surface area contributed by atoms with E-state index >= 15 is 0 Å². The number of aromatic hydroxyl groups is 1. The Morgan fingerprint density at radius 2 is 2.39 bits per heavy atom. The normalized spacial score (nSPS) is 25.0. The van der Waals surface area contributed by atoms with Crippen LogP contribution in [0.15, 0.2) is 10.8 Å². The molecule has 0 radical (unpaired) electrons. The molecule has 1 aliphatic heterocycles. The fourth-order valence-corrected chi connectivity index (χ4v) is 3.93. The number of halogens is 1. The van der Waals surface area contributed by atoms with E-state index in [4.69, 9.17) is 12.4 Å². The van der Waals surface area contributed by atoms with Crippen LogP contribution in [0.25, 0.3) is 10.2 Å². The second-order valence-corrected chi connectivity index (χ2v) is 7.62. The predicted molar refractivity (Wildman–Crippen MR) is 110 cm³/mol. The third kappa shape index (κ3) is 4.22. The summed E-state index contributed by atoms with van der Waals surface area (Å²) >= 11 is 0.173. The summed E-state index contributed by atoms with van der Waals surface area (Å²) in [6.45, 7) is -2.40. The van der Waals surface area contributed by atoms with Gasteiger partial charge in [-0.25, -0.2) is 0 Å². The van der Waals surface area contributed by atoms with Crippen molar-refractivity contribution >= 4 is 27.5 Å². The molecule has 1 atom stereocenters. The highest BCUT2D eigenvalue weighted by atomic mass is 32.1. The van der Waals surface area contributed by atoms with Crippen LogP contribution in [-0.4, -0.2) is 46.6 Å². The lowest BCUT2D eigenvalue weighted by Crippen LogP contribution is -2.37. The number of carbonyl (C=O) groups is 1. The monoisotopic (exact) mass is 418 g/mol. The second kappa shape index (κ2) is 8.61. The topological polar surface area (TPSA) is 74.6 Å². The molecular weight excluding hydrogens is 381 g/mol. The number of hydrogen-bond acceptors (Lipinski definition) is 5. The first-order chi connectivity index (χ1) is 16.7. The third-order valence-electron chi connectivity index (χ3n) is 4.59. The molecule has 1 aliphatic rings. The molecule has 2 N–H and O–H groups in total. The lowest BCUT2D eigenvalue weighted by Gasteiger charge is -2.30. The van der Waals surface area contributed by atoms with E-state index in [-0.39, 0.29) is 23.1 Å². The summed E-state index contributed by atoms with van der Waals surface area (Å²) in [5, 5.41) is 9.11. The number of pyridine rings is 1. The second-order valence-electron chi connectivity index (χ2n) is 6.67. The minimum Gasteiger partial charge on any atom is -0.506 e. The molecule has 0 saturated carbocycles. The zero-order chi connectivity index (χ0) is 28.3. The van der Waals surface area contributed by atoms with E-state index in [9.17, 15) is 19.1 Å². The number of amides is 1. The van der Waals surface area contributed by atoms with Crippen molar-refractivity contribution in [1.82, 2.24) is 14.8 Å². The molecule has 8 heteroatoms. The van der Waals surface area contributed by atoms with Crippen molar-refractivity contribution in [3.63, 3.8) is 0 Å². The van der Waals surface area contributed by atoms with Gasteiger partial charge in [0.05, 0.1) is 8.13 Å². The maximum absolute atomic E-state index is 14.3. The zero-order valence-corrected chi connectivity index (χ0v) is 16.5. The maximum atomic E-state index is 14.3. The van der Waals surface area contributed by atoms with Crippen molar-refractivity contribution in [1.29, 1.82) is 0 Å². The molecule has 1 saturated heterocycles. The van der Waals surface area contributed by atoms with E-state index in [0.29, 0.717) is 30.5 Å². The van der Waals surface area contributed by atoms with Crippen LogP contribution in [0.3, 0.4) is 0 Å². The van der Waals surface area contributed by atoms with Crippen LogP contribution in [0.2, 0.25) is 1.41 Å². The number of aromatic nitrogens is 1. The summed E-state index contributed by atoms with van der Waals surface area (Å²) in [6, 6.07) is -3.62. The van der Waals surface area contributed by atoms with Gasteiger partial charge in [0, 0.05) is 20.8 Å². The number of likely N-dealkylation sites (tertiary alicyclic amines) is 1. The number of hydrogen-bond donors (Lipinski definition) is 2. The van der Waals surface area contributed by atoms with Gasteiger partial charge < -0.3 is 15.3 Å². The van der Waals surface area contributed by atoms with E-state index in [1.807, 2.05) is 0 Å². The van der Waals surface area contributed by atoms with Crippen LogP contribution in [0.5, 0.6) is 5.75 Å². The van der Waals surface area contributed by atoms with Crippen molar-refractivity contribution in [2.45, 2.75) is 46.0 Å². The van der Waals surface area contributed by atoms with Gasteiger partial charge in [0.15, 0.2) is 6.54 Å². The number of rotatable bonds is 6. The van der Waals surface area contributed by atoms with Crippen LogP contribution >= 0.6 is 11.3 Å². The number of carbonyl (C=O) groups excluding carboxylic acids is 1. The van der Waals surface area contributed by atoms with E-state index in [2.05, 4.69) is 0 Å². The molecule has 0 spiro atoms. The van der Waals surface area contributed by atoms with E-state index in [1.54, 1.807) is 6.92 Å². The number of piperidine rings is 1. The van der Waals surface area contributed by atoms with Crippen LogP contribution < -0.4 is 10.9 Å². The molecule has 1 fully saturated rings. The van der Waals surface area contributed by atoms with Gasteiger partial charge in [-0.2, -0.15) is 4.39 Å². The fourth-order valence-electron chi connectivity index (χ4n) is 3.05. The molecule has 6 nitrogen and oxygen atoms in total. The van der Waals surface area contributed by atoms with E-state index < -0.39 is 76.0 Å². The van der Waals surface area contributed by atoms with Crippen LogP contribution in [0, 0.1) is 11.0 Å². The zero-order valence-electron chi connectivity index (χ0n) is 24.6. The number of nitrogens with zero attached hydrogens (tertiary/aromatic N) is 2. The van der Waals surface area contributed by atoms with E-state index in [1.165, 1.54) is 4.90 Å². The molecule has 0 aliphatic carbocycles. The fraction of sp³-hybridized carbons (Fsp3) is 0.600. The minimum atomic E-state index is -3.13. The summed E-state index contributed by atoms with van der Waals surface area (Å²) in [6.07, 6.45) is 0.521. The summed E-state index contributed by atoms with van der Waals surface area (Å²) in [5.74, 6) is -3.20. The molecular formula is C20H28FN3O3S. The SMILES string of the molecule is [2H]c1c(F)sc2c1c(O)c(C(=O)N([2H])CCC([2H])([2H])N1CCC([2H])(C)CC1)c(=O)n2C([2H])(C)C([2H])([2H])[2H]. The molecule has 1 unspecified atom stereocenters. The predicted octanol–water partition coefficient (Wildman–Crippen LogP) is 3.34. The van der Waals surface area contributed by atoms with Gasteiger partial charge in [-0.05, 0) is 64.6 Å². The summed E-state index contributed by atoms with van der Waals surface area (Å²) < 4.78 is 86.8. The van der Waals surface area contributed by atoms with Crippen LogP contribution in [0.4, 0.5) is 4.39 Å². The van der Waals surface area contributed by atoms with Crippen molar-refractivity contribution in [3.8, 4) is 5.75 Å². The third-order valence-corrected chi connectivity index (χ3v) is 5.45. The highest BCUT2D eigenvalue weighted by Gasteiger charge is 2.25. The van der Waals surface area contributed by atoms with Gasteiger partial charge in [-0.3, -0.25) is 14.2 Å². The number of nitrogens with one attached hydrogen (secondary N) is 1. The molecule has 28 heavy (non-hydrogen) atoms. The molecule has 3 heterocycles. The largest absolute Gasteiger partial charge is 0.506 e. The minimum absolute atomic E-state index is 0.173. The average molecular weight is 419 g/mol. The van der Waals surface area contributed by atoms with Gasteiger partial charge in [0.1, 0.15) is 16.1 Å². The summed E-state index contributed by atoms with van der Waals surface area (Å²) in [5.41, 5.74) is -2.56. The smallest absolute Gasteiger partial charge is 0.268 e. The maximum Gasteiger partial charge on any atom is 0.268 e. The van der Waals surface area contributed by atoms with Crippen molar-refractivity contribution in [2.75, 3.05) is 26.1 Å². The van der Waals surface area contributed by atoms with Crippen LogP contribution in [0.1, 0.15) is 67.3 Å². The summed E-state index contributed by atoms with van der Waals surface area (Å²) in [4.78, 5) is 27.4. The Balaban J connectivity index is 1.99. The Morgan fingerprint density at radius 1 is 1.68 bits per heavy atom. The van der Waals surface area contributed by atoms with Gasteiger partial charge in [0.25, 0.3) is 11.5 Å². The number of thiophene rings is 1.